The van der Waals surface area contributed by atoms with Crippen molar-refractivity contribution in [1.82, 2.24) is 4.90 Å². The van der Waals surface area contributed by atoms with E-state index in [2.05, 4.69) is 5.32 Å². The molecule has 0 radical (unpaired) electrons. The Morgan fingerprint density at radius 3 is 2.48 bits per heavy atom. The Hall–Kier alpha value is -2.82. The molecular weight excluding hydrogens is 316 g/mol. The number of carboxylic acids is 1. The summed E-state index contributed by atoms with van der Waals surface area (Å²) in [5.41, 5.74) is 2.27. The molecule has 25 heavy (non-hydrogen) atoms. The van der Waals surface area contributed by atoms with E-state index in [0.29, 0.717) is 11.1 Å². The number of fused-ring (bicyclic) bond motifs is 1. The summed E-state index contributed by atoms with van der Waals surface area (Å²) in [7, 11) is 0. The molecule has 128 valence electrons. The van der Waals surface area contributed by atoms with Crippen LogP contribution in [0.3, 0.4) is 0 Å². The highest BCUT2D eigenvalue weighted by atomic mass is 16.4. The van der Waals surface area contributed by atoms with Crippen LogP contribution in [0.25, 0.3) is 0 Å². The number of para-hydroxylation sites is 1. The second kappa shape index (κ2) is 6.24. The maximum Gasteiger partial charge on any atom is 0.336 e. The fourth-order valence-corrected chi connectivity index (χ4v) is 3.99. The topological polar surface area (TPSA) is 69.6 Å². The lowest BCUT2D eigenvalue weighted by atomic mass is 9.97. The summed E-state index contributed by atoms with van der Waals surface area (Å²) in [6, 6.07) is 14.5. The first-order chi connectivity index (χ1) is 12.2. The number of benzene rings is 2. The van der Waals surface area contributed by atoms with Gasteiger partial charge in [0.25, 0.3) is 5.91 Å². The van der Waals surface area contributed by atoms with Crippen LogP contribution in [0.2, 0.25) is 0 Å². The summed E-state index contributed by atoms with van der Waals surface area (Å²) in [6.07, 6.45) is 3.66. The van der Waals surface area contributed by atoms with Crippen molar-refractivity contribution in [3.05, 3.63) is 65.2 Å². The third-order valence-corrected chi connectivity index (χ3v) is 5.17. The maximum absolute atomic E-state index is 13.2. The normalized spacial score (nSPS) is 20.2. The molecule has 1 unspecified atom stereocenters. The molecule has 0 aromatic heterocycles. The molecule has 0 bridgehead atoms. The number of anilines is 1. The Labute approximate surface area is 146 Å². The van der Waals surface area contributed by atoms with Crippen LogP contribution in [-0.2, 0) is 0 Å². The number of aromatic carboxylic acids is 1. The van der Waals surface area contributed by atoms with Crippen LogP contribution in [0.4, 0.5) is 5.69 Å². The number of hydrogen-bond acceptors (Lipinski definition) is 3. The van der Waals surface area contributed by atoms with Crippen LogP contribution in [0.15, 0.2) is 48.5 Å². The van der Waals surface area contributed by atoms with Gasteiger partial charge in [-0.3, -0.25) is 4.79 Å². The van der Waals surface area contributed by atoms with Gasteiger partial charge < -0.3 is 15.3 Å². The van der Waals surface area contributed by atoms with Crippen molar-refractivity contribution in [1.29, 1.82) is 0 Å². The molecule has 1 amide bonds. The monoisotopic (exact) mass is 336 g/mol. The van der Waals surface area contributed by atoms with Crippen LogP contribution in [0.1, 0.15) is 58.1 Å². The minimum Gasteiger partial charge on any atom is -0.478 e. The fourth-order valence-electron chi connectivity index (χ4n) is 3.99. The van der Waals surface area contributed by atoms with Gasteiger partial charge in [-0.25, -0.2) is 4.79 Å². The van der Waals surface area contributed by atoms with E-state index in [1.54, 1.807) is 18.2 Å². The van der Waals surface area contributed by atoms with Gasteiger partial charge in [0, 0.05) is 17.3 Å². The lowest BCUT2D eigenvalue weighted by Gasteiger charge is -2.42. The molecule has 2 aromatic rings. The average Bonchev–Trinajstić information content (AvgIpc) is 3.16. The molecule has 2 aromatic carbocycles. The Balaban J connectivity index is 1.84. The first-order valence-corrected chi connectivity index (χ1v) is 8.67. The summed E-state index contributed by atoms with van der Waals surface area (Å²) in [5.74, 6) is -0.999. The second-order valence-corrected chi connectivity index (χ2v) is 6.64. The van der Waals surface area contributed by atoms with Crippen LogP contribution >= 0.6 is 0 Å². The first kappa shape index (κ1) is 15.7. The molecule has 2 N–H and O–H groups in total. The van der Waals surface area contributed by atoms with Crippen molar-refractivity contribution in [2.45, 2.75) is 37.9 Å². The molecule has 1 fully saturated rings. The zero-order valence-electron chi connectivity index (χ0n) is 13.8. The standard InChI is InChI=1S/C20H20N2O3/c23-19-16-11-5-6-12-17(16)21-18(22(19)13-7-1-2-8-13)14-9-3-4-10-15(14)20(24)25/h3-6,9-13,18,21H,1-2,7-8H2,(H,24,25). The van der Waals surface area contributed by atoms with E-state index in [-0.39, 0.29) is 17.5 Å². The Kier molecular flexibility index (Phi) is 3.92. The summed E-state index contributed by atoms with van der Waals surface area (Å²) in [4.78, 5) is 26.8. The number of nitrogens with one attached hydrogen (secondary N) is 1. The van der Waals surface area contributed by atoms with E-state index in [1.165, 1.54) is 0 Å². The molecule has 5 nitrogen and oxygen atoms in total. The van der Waals surface area contributed by atoms with E-state index >= 15 is 0 Å². The van der Waals surface area contributed by atoms with Gasteiger partial charge in [-0.05, 0) is 31.0 Å². The highest BCUT2D eigenvalue weighted by molar-refractivity contribution is 6.02. The number of carboxylic acid groups (broad SMARTS) is 1. The Morgan fingerprint density at radius 1 is 1.04 bits per heavy atom. The highest BCUT2D eigenvalue weighted by Crippen LogP contribution is 2.39. The van der Waals surface area contributed by atoms with Gasteiger partial charge in [-0.1, -0.05) is 43.2 Å². The summed E-state index contributed by atoms with van der Waals surface area (Å²) in [6.45, 7) is 0. The van der Waals surface area contributed by atoms with Crippen LogP contribution < -0.4 is 5.32 Å². The van der Waals surface area contributed by atoms with Crippen molar-refractivity contribution in [3.8, 4) is 0 Å². The van der Waals surface area contributed by atoms with Gasteiger partial charge in [0.15, 0.2) is 0 Å². The number of rotatable bonds is 3. The molecule has 2 aliphatic rings. The molecule has 1 aliphatic heterocycles. The van der Waals surface area contributed by atoms with Crippen molar-refractivity contribution >= 4 is 17.6 Å². The Bertz CT molecular complexity index is 827. The molecule has 1 aliphatic carbocycles. The van der Waals surface area contributed by atoms with E-state index in [1.807, 2.05) is 35.2 Å². The minimum absolute atomic E-state index is 0.0218. The SMILES string of the molecule is O=C(O)c1ccccc1C1Nc2ccccc2C(=O)N1C1CCCC1. The number of carbonyl (C=O) groups excluding carboxylic acids is 1. The fraction of sp³-hybridized carbons (Fsp3) is 0.300. The number of nitrogens with zero attached hydrogens (tertiary/aromatic N) is 1. The van der Waals surface area contributed by atoms with Gasteiger partial charge in [0.1, 0.15) is 6.17 Å². The summed E-state index contributed by atoms with van der Waals surface area (Å²) >= 11 is 0. The minimum atomic E-state index is -0.977. The Morgan fingerprint density at radius 2 is 1.72 bits per heavy atom. The van der Waals surface area contributed by atoms with Gasteiger partial charge in [-0.2, -0.15) is 0 Å². The van der Waals surface area contributed by atoms with E-state index in [4.69, 9.17) is 0 Å². The zero-order chi connectivity index (χ0) is 17.4. The second-order valence-electron chi connectivity index (χ2n) is 6.64. The van der Waals surface area contributed by atoms with E-state index in [9.17, 15) is 14.7 Å². The van der Waals surface area contributed by atoms with Crippen molar-refractivity contribution in [2.24, 2.45) is 0 Å². The molecule has 1 heterocycles. The number of carbonyl (C=O) groups is 2. The van der Waals surface area contributed by atoms with Gasteiger partial charge >= 0.3 is 5.97 Å². The third kappa shape index (κ3) is 2.65. The summed E-state index contributed by atoms with van der Waals surface area (Å²) in [5, 5.41) is 13.0. The maximum atomic E-state index is 13.2. The lowest BCUT2D eigenvalue weighted by Crippen LogP contribution is -2.48. The van der Waals surface area contributed by atoms with Crippen molar-refractivity contribution in [2.75, 3.05) is 5.32 Å². The van der Waals surface area contributed by atoms with E-state index < -0.39 is 12.1 Å². The number of hydrogen-bond donors (Lipinski definition) is 2. The van der Waals surface area contributed by atoms with Crippen LogP contribution in [0.5, 0.6) is 0 Å². The highest BCUT2D eigenvalue weighted by Gasteiger charge is 2.39. The zero-order valence-corrected chi connectivity index (χ0v) is 13.8. The molecule has 0 saturated heterocycles. The predicted octanol–water partition coefficient (Wildman–Crippen LogP) is 3.89. The van der Waals surface area contributed by atoms with Crippen LogP contribution in [-0.4, -0.2) is 27.9 Å². The van der Waals surface area contributed by atoms with Crippen LogP contribution in [0, 0.1) is 0 Å². The molecule has 1 saturated carbocycles. The predicted molar refractivity (Wildman–Crippen MR) is 94.6 cm³/mol. The average molecular weight is 336 g/mol. The molecular formula is C20H20N2O3. The van der Waals surface area contributed by atoms with Crippen molar-refractivity contribution in [3.63, 3.8) is 0 Å². The number of amides is 1. The van der Waals surface area contributed by atoms with E-state index in [0.717, 1.165) is 31.4 Å². The molecule has 1 atom stereocenters. The van der Waals surface area contributed by atoms with Gasteiger partial charge in [0.2, 0.25) is 0 Å². The largest absolute Gasteiger partial charge is 0.478 e. The van der Waals surface area contributed by atoms with Gasteiger partial charge in [-0.15, -0.1) is 0 Å². The first-order valence-electron chi connectivity index (χ1n) is 8.67. The summed E-state index contributed by atoms with van der Waals surface area (Å²) < 4.78 is 0. The lowest BCUT2D eigenvalue weighted by molar-refractivity contribution is 0.0572. The molecule has 4 rings (SSSR count). The smallest absolute Gasteiger partial charge is 0.336 e. The van der Waals surface area contributed by atoms with Gasteiger partial charge in [0.05, 0.1) is 11.1 Å². The van der Waals surface area contributed by atoms with Crippen molar-refractivity contribution < 1.29 is 14.7 Å². The third-order valence-electron chi connectivity index (χ3n) is 5.17. The quantitative estimate of drug-likeness (QED) is 0.892. The molecule has 0 spiro atoms. The molecule has 5 heteroatoms.